The Morgan fingerprint density at radius 3 is 2.59 bits per heavy atom. The first-order valence-electron chi connectivity index (χ1n) is 5.25. The van der Waals surface area contributed by atoms with Gasteiger partial charge in [0.25, 0.3) is 5.91 Å². The minimum absolute atomic E-state index is 0.358. The lowest BCUT2D eigenvalue weighted by Gasteiger charge is -2.12. The van der Waals surface area contributed by atoms with Crippen LogP contribution in [-0.2, 0) is 4.79 Å². The van der Waals surface area contributed by atoms with Crippen LogP contribution in [0.1, 0.15) is 29.3 Å². The molecule has 0 fully saturated rings. The van der Waals surface area contributed by atoms with Gasteiger partial charge in [-0.05, 0) is 37.1 Å². The number of benzene rings is 1. The zero-order valence-corrected chi connectivity index (χ0v) is 11.2. The molecule has 0 saturated heterocycles. The monoisotopic (exact) mass is 299 g/mol. The van der Waals surface area contributed by atoms with Crippen molar-refractivity contribution in [2.75, 3.05) is 0 Å². The number of halogens is 1. The molecule has 1 amide bonds. The highest BCUT2D eigenvalue weighted by molar-refractivity contribution is 9.10. The summed E-state index contributed by atoms with van der Waals surface area (Å²) >= 11 is 3.34. The highest BCUT2D eigenvalue weighted by Gasteiger charge is 2.18. The van der Waals surface area contributed by atoms with Gasteiger partial charge in [0.2, 0.25) is 0 Å². The molecular formula is C12H14BrNO3. The van der Waals surface area contributed by atoms with Crippen molar-refractivity contribution < 1.29 is 14.7 Å². The van der Waals surface area contributed by atoms with Gasteiger partial charge < -0.3 is 10.4 Å². The van der Waals surface area contributed by atoms with Crippen molar-refractivity contribution in [3.63, 3.8) is 0 Å². The number of carboxylic acid groups (broad SMARTS) is 1. The summed E-state index contributed by atoms with van der Waals surface area (Å²) in [5.74, 6) is -1.38. The number of hydrogen-bond acceptors (Lipinski definition) is 2. The first kappa shape index (κ1) is 13.7. The molecular weight excluding hydrogens is 286 g/mol. The highest BCUT2D eigenvalue weighted by atomic mass is 79.9. The Hall–Kier alpha value is -1.36. The van der Waals surface area contributed by atoms with Gasteiger partial charge in [0.05, 0.1) is 0 Å². The molecule has 0 saturated carbocycles. The summed E-state index contributed by atoms with van der Waals surface area (Å²) in [7, 11) is 0. The van der Waals surface area contributed by atoms with Crippen molar-refractivity contribution in [2.45, 2.75) is 26.3 Å². The van der Waals surface area contributed by atoms with Crippen LogP contribution in [-0.4, -0.2) is 23.0 Å². The minimum Gasteiger partial charge on any atom is -0.480 e. The van der Waals surface area contributed by atoms with E-state index in [0.717, 1.165) is 10.0 Å². The fourth-order valence-electron chi connectivity index (χ4n) is 1.37. The number of aryl methyl sites for hydroxylation is 1. The van der Waals surface area contributed by atoms with Gasteiger partial charge in [-0.15, -0.1) is 0 Å². The Labute approximate surface area is 108 Å². The predicted molar refractivity (Wildman–Crippen MR) is 68.1 cm³/mol. The van der Waals surface area contributed by atoms with Crippen LogP contribution in [0.2, 0.25) is 0 Å². The normalized spacial score (nSPS) is 11.9. The van der Waals surface area contributed by atoms with Gasteiger partial charge in [-0.2, -0.15) is 0 Å². The second-order valence-electron chi connectivity index (χ2n) is 3.74. The second-order valence-corrected chi connectivity index (χ2v) is 4.59. The van der Waals surface area contributed by atoms with Gasteiger partial charge in [0.1, 0.15) is 6.04 Å². The Balaban J connectivity index is 2.82. The SMILES string of the molecule is CC[C@H](NC(=O)c1ccc(Br)c(C)c1)C(=O)O. The zero-order valence-electron chi connectivity index (χ0n) is 9.66. The van der Waals surface area contributed by atoms with Gasteiger partial charge in [0.15, 0.2) is 0 Å². The maximum absolute atomic E-state index is 11.8. The van der Waals surface area contributed by atoms with Crippen molar-refractivity contribution in [1.29, 1.82) is 0 Å². The molecule has 1 aromatic rings. The van der Waals surface area contributed by atoms with Crippen LogP contribution in [0, 0.1) is 6.92 Å². The third-order valence-corrected chi connectivity index (χ3v) is 3.32. The molecule has 5 heteroatoms. The molecule has 0 aliphatic heterocycles. The zero-order chi connectivity index (χ0) is 13.0. The molecule has 0 bridgehead atoms. The number of rotatable bonds is 4. The quantitative estimate of drug-likeness (QED) is 0.897. The summed E-state index contributed by atoms with van der Waals surface area (Å²) in [6, 6.07) is 4.30. The minimum atomic E-state index is -1.02. The third kappa shape index (κ3) is 3.56. The number of carbonyl (C=O) groups is 2. The van der Waals surface area contributed by atoms with Gasteiger partial charge in [-0.3, -0.25) is 4.79 Å². The summed E-state index contributed by atoms with van der Waals surface area (Å²) in [4.78, 5) is 22.6. The fraction of sp³-hybridized carbons (Fsp3) is 0.333. The number of carboxylic acids is 1. The Morgan fingerprint density at radius 2 is 2.12 bits per heavy atom. The molecule has 92 valence electrons. The summed E-state index contributed by atoms with van der Waals surface area (Å²) in [6.07, 6.45) is 0.358. The van der Waals surface area contributed by atoms with Crippen LogP contribution in [0.5, 0.6) is 0 Å². The van der Waals surface area contributed by atoms with E-state index in [4.69, 9.17) is 5.11 Å². The van der Waals surface area contributed by atoms with Crippen molar-refractivity contribution in [1.82, 2.24) is 5.32 Å². The molecule has 1 rings (SSSR count). The van der Waals surface area contributed by atoms with Crippen molar-refractivity contribution in [2.24, 2.45) is 0 Å². The van der Waals surface area contributed by atoms with Crippen molar-refractivity contribution in [3.8, 4) is 0 Å². The largest absolute Gasteiger partial charge is 0.480 e. The number of amides is 1. The van der Waals surface area contributed by atoms with E-state index in [9.17, 15) is 9.59 Å². The van der Waals surface area contributed by atoms with Crippen molar-refractivity contribution in [3.05, 3.63) is 33.8 Å². The molecule has 4 nitrogen and oxygen atoms in total. The number of aliphatic carboxylic acids is 1. The standard InChI is InChI=1S/C12H14BrNO3/c1-3-10(12(16)17)14-11(15)8-4-5-9(13)7(2)6-8/h4-6,10H,3H2,1-2H3,(H,14,15)(H,16,17)/t10-/m0/s1. The molecule has 1 aromatic carbocycles. The van der Waals surface area contributed by atoms with E-state index in [-0.39, 0.29) is 5.91 Å². The Kier molecular flexibility index (Phi) is 4.69. The molecule has 0 unspecified atom stereocenters. The Bertz CT molecular complexity index is 445. The maximum Gasteiger partial charge on any atom is 0.326 e. The van der Waals surface area contributed by atoms with E-state index < -0.39 is 12.0 Å². The van der Waals surface area contributed by atoms with Crippen LogP contribution >= 0.6 is 15.9 Å². The fourth-order valence-corrected chi connectivity index (χ4v) is 1.61. The van der Waals surface area contributed by atoms with Gasteiger partial charge in [-0.25, -0.2) is 4.79 Å². The molecule has 0 aromatic heterocycles. The summed E-state index contributed by atoms with van der Waals surface area (Å²) < 4.78 is 0.916. The van der Waals surface area contributed by atoms with Crippen LogP contribution in [0.25, 0.3) is 0 Å². The molecule has 0 heterocycles. The first-order chi connectivity index (χ1) is 7.95. The molecule has 1 atom stereocenters. The van der Waals surface area contributed by atoms with Crippen LogP contribution in [0.3, 0.4) is 0 Å². The van der Waals surface area contributed by atoms with E-state index >= 15 is 0 Å². The smallest absolute Gasteiger partial charge is 0.326 e. The maximum atomic E-state index is 11.8. The summed E-state index contributed by atoms with van der Waals surface area (Å²) in [6.45, 7) is 3.58. The first-order valence-corrected chi connectivity index (χ1v) is 6.04. The molecule has 17 heavy (non-hydrogen) atoms. The Morgan fingerprint density at radius 1 is 1.47 bits per heavy atom. The molecule has 2 N–H and O–H groups in total. The summed E-state index contributed by atoms with van der Waals surface area (Å²) in [5, 5.41) is 11.3. The second kappa shape index (κ2) is 5.82. The van der Waals surface area contributed by atoms with E-state index in [0.29, 0.717) is 12.0 Å². The van der Waals surface area contributed by atoms with Crippen LogP contribution in [0.4, 0.5) is 0 Å². The molecule has 0 aliphatic carbocycles. The van der Waals surface area contributed by atoms with E-state index in [1.807, 2.05) is 6.92 Å². The average Bonchev–Trinajstić information content (AvgIpc) is 2.28. The summed E-state index contributed by atoms with van der Waals surface area (Å²) in [5.41, 5.74) is 1.39. The molecule has 0 spiro atoms. The van der Waals surface area contributed by atoms with Gasteiger partial charge >= 0.3 is 5.97 Å². The predicted octanol–water partition coefficient (Wildman–Crippen LogP) is 2.35. The van der Waals surface area contributed by atoms with Gasteiger partial charge in [-0.1, -0.05) is 22.9 Å². The number of carbonyl (C=O) groups excluding carboxylic acids is 1. The van der Waals surface area contributed by atoms with Crippen LogP contribution in [0.15, 0.2) is 22.7 Å². The molecule has 0 aliphatic rings. The van der Waals surface area contributed by atoms with Crippen molar-refractivity contribution >= 4 is 27.8 Å². The van der Waals surface area contributed by atoms with E-state index in [1.54, 1.807) is 25.1 Å². The van der Waals surface area contributed by atoms with Crippen LogP contribution < -0.4 is 5.32 Å². The topological polar surface area (TPSA) is 66.4 Å². The number of nitrogens with one attached hydrogen (secondary N) is 1. The van der Waals surface area contributed by atoms with Gasteiger partial charge in [0, 0.05) is 10.0 Å². The third-order valence-electron chi connectivity index (χ3n) is 2.43. The molecule has 0 radical (unpaired) electrons. The lowest BCUT2D eigenvalue weighted by Crippen LogP contribution is -2.40. The highest BCUT2D eigenvalue weighted by Crippen LogP contribution is 2.17. The lowest BCUT2D eigenvalue weighted by atomic mass is 10.1. The van der Waals surface area contributed by atoms with E-state index in [1.165, 1.54) is 0 Å². The average molecular weight is 300 g/mol. The number of hydrogen-bond donors (Lipinski definition) is 2. The van der Waals surface area contributed by atoms with E-state index in [2.05, 4.69) is 21.2 Å². The lowest BCUT2D eigenvalue weighted by molar-refractivity contribution is -0.139.